The largest absolute Gasteiger partial charge is 0.508 e. The molecule has 0 saturated heterocycles. The predicted molar refractivity (Wildman–Crippen MR) is 386 cm³/mol. The Hall–Kier alpha value is -4.71. The number of halogens is 7. The molecule has 0 heterocycles. The van der Waals surface area contributed by atoms with Crippen LogP contribution in [-0.2, 0) is 22.4 Å². The average Bonchev–Trinajstić information content (AvgIpc) is 1.55. The van der Waals surface area contributed by atoms with E-state index in [-0.39, 0.29) is 70.3 Å². The molecule has 15 unspecified atom stereocenters. The van der Waals surface area contributed by atoms with Crippen LogP contribution in [0, 0.1) is 116 Å². The molecule has 3 N–H and O–H groups in total. The van der Waals surface area contributed by atoms with Gasteiger partial charge in [-0.1, -0.05) is 87.3 Å². The summed E-state index contributed by atoms with van der Waals surface area (Å²) in [6.07, 6.45) is 40.1. The van der Waals surface area contributed by atoms with Crippen LogP contribution in [0.4, 0.5) is 30.7 Å². The number of allylic oxidation sites excluding steroid dienone is 10. The maximum Gasteiger partial charge on any atom is 0.253 e. The molecule has 2 aromatic carbocycles. The highest BCUT2D eigenvalue weighted by Crippen LogP contribution is 2.70. The van der Waals surface area contributed by atoms with Crippen LogP contribution in [0.2, 0.25) is 0 Å². The van der Waals surface area contributed by atoms with Crippen molar-refractivity contribution in [2.75, 3.05) is 0 Å². The first-order valence-electron chi connectivity index (χ1n) is 41.0. The molecule has 20 rings (SSSR count). The molecule has 12 heteroatoms. The molecule has 2 aromatic rings. The Labute approximate surface area is 603 Å². The number of aromatic hydroxyl groups is 2. The lowest BCUT2D eigenvalue weighted by Crippen LogP contribution is -2.49. The van der Waals surface area contributed by atoms with Crippen molar-refractivity contribution in [2.24, 2.45) is 116 Å². The van der Waals surface area contributed by atoms with Gasteiger partial charge in [0.25, 0.3) is 11.8 Å². The Balaban J connectivity index is 0.0000000987. The minimum atomic E-state index is -2.49. The monoisotopic (exact) mass is 1410 g/mol. The second-order valence-corrected chi connectivity index (χ2v) is 37.8. The first kappa shape index (κ1) is 71.5. The van der Waals surface area contributed by atoms with Crippen molar-refractivity contribution in [1.29, 1.82) is 0 Å². The number of benzene rings is 2. The van der Waals surface area contributed by atoms with Gasteiger partial charge in [-0.05, 0) is 352 Å². The van der Waals surface area contributed by atoms with E-state index in [1.165, 1.54) is 46.2 Å². The van der Waals surface area contributed by atoms with Gasteiger partial charge in [-0.2, -0.15) is 0 Å². The maximum absolute atomic E-state index is 14.4. The first-order valence-corrected chi connectivity index (χ1v) is 41.0. The van der Waals surface area contributed by atoms with Crippen LogP contribution in [-0.4, -0.2) is 44.8 Å². The molecule has 554 valence electrons. The molecule has 0 aromatic heterocycles. The van der Waals surface area contributed by atoms with Crippen LogP contribution in [0.15, 0.2) is 107 Å². The lowest BCUT2D eigenvalue weighted by atomic mass is 9.52. The lowest BCUT2D eigenvalue weighted by Gasteiger charge is -2.53. The van der Waals surface area contributed by atoms with Gasteiger partial charge in [0.2, 0.25) is 0 Å². The zero-order valence-electron chi connectivity index (χ0n) is 61.6. The molecule has 0 amide bonds. The quantitative estimate of drug-likeness (QED) is 0.180. The van der Waals surface area contributed by atoms with Crippen LogP contribution in [0.1, 0.15) is 274 Å². The third-order valence-corrected chi connectivity index (χ3v) is 33.8. The fourth-order valence-electron chi connectivity index (χ4n) is 28.1. The molecule has 0 radical (unpaired) electrons. The van der Waals surface area contributed by atoms with Gasteiger partial charge in [-0.3, -0.25) is 9.59 Å². The number of carbonyl (C=O) groups excluding carboxylic acids is 2. The molecule has 23 atom stereocenters. The number of hydrogen-bond donors (Lipinski definition) is 3. The molecule has 9 fully saturated rings. The summed E-state index contributed by atoms with van der Waals surface area (Å²) in [6.45, 7) is 10.1. The van der Waals surface area contributed by atoms with E-state index in [1.807, 2.05) is 68.5 Å². The van der Waals surface area contributed by atoms with E-state index in [0.29, 0.717) is 138 Å². The second kappa shape index (κ2) is 26.6. The number of ketones is 2. The molecule has 0 aliphatic heterocycles. The number of alkyl halides is 4. The summed E-state index contributed by atoms with van der Waals surface area (Å²) >= 11 is 0. The number of phenols is 2. The van der Waals surface area contributed by atoms with Crippen molar-refractivity contribution in [1.82, 2.24) is 0 Å². The Morgan fingerprint density at radius 2 is 0.784 bits per heavy atom. The van der Waals surface area contributed by atoms with Crippen molar-refractivity contribution in [2.45, 2.75) is 283 Å². The number of aliphatic hydroxyl groups excluding tert-OH is 1. The van der Waals surface area contributed by atoms with Crippen LogP contribution in [0.5, 0.6) is 11.5 Å². The number of phenolic OH excluding ortho intramolecular Hbond substituents is 2. The van der Waals surface area contributed by atoms with Crippen molar-refractivity contribution < 1.29 is 55.6 Å². The highest BCUT2D eigenvalue weighted by molar-refractivity contribution is 5.92. The van der Waals surface area contributed by atoms with Crippen molar-refractivity contribution in [3.8, 4) is 11.5 Å². The maximum atomic E-state index is 14.4. The van der Waals surface area contributed by atoms with Gasteiger partial charge in [0, 0.05) is 52.8 Å². The highest BCUT2D eigenvalue weighted by Gasteiger charge is 2.66. The SMILES string of the molecule is C[C@]12CCC3C(CCC4=CC(=O)CC[C@@H]43)C1CC=C2F.C[C@]12CCC3C(CCC4=CC(=O)CC[C@@H]43)C1CCC2(F)F.C[C@]12CCC3C4=C(CCC3C1CC=C2F)C[C@@H](O)CC4.C[C@]12CCC3c4ccc(O)cc4CCC3C1CC=C2F.C[C@]12CCC3c4ccc(O)cc4CCC3C1CCC2(F)F. The Morgan fingerprint density at radius 1 is 0.382 bits per heavy atom. The number of rotatable bonds is 0. The molecule has 0 spiro atoms. The Kier molecular flexibility index (Phi) is 18.7. The average molecular weight is 1410 g/mol. The highest BCUT2D eigenvalue weighted by atomic mass is 19.3. The van der Waals surface area contributed by atoms with Gasteiger partial charge in [0.1, 0.15) is 29.0 Å². The number of carbonyl (C=O) groups is 2. The minimum Gasteiger partial charge on any atom is -0.508 e. The van der Waals surface area contributed by atoms with Crippen LogP contribution in [0.25, 0.3) is 0 Å². The van der Waals surface area contributed by atoms with Crippen LogP contribution >= 0.6 is 0 Å². The molecule has 5 nitrogen and oxygen atoms in total. The molecule has 18 aliphatic rings. The van der Waals surface area contributed by atoms with E-state index in [4.69, 9.17) is 0 Å². The summed E-state index contributed by atoms with van der Waals surface area (Å²) in [4.78, 5) is 23.2. The summed E-state index contributed by atoms with van der Waals surface area (Å²) in [7, 11) is 0. The normalized spacial score (nSPS) is 44.3. The molecular weight excluding hydrogens is 1290 g/mol. The summed E-state index contributed by atoms with van der Waals surface area (Å²) in [5.74, 6) is 5.58. The predicted octanol–water partition coefficient (Wildman–Crippen LogP) is 23.5. The van der Waals surface area contributed by atoms with Crippen molar-refractivity contribution in [3.05, 3.63) is 129 Å². The fourth-order valence-corrected chi connectivity index (χ4v) is 28.1. The van der Waals surface area contributed by atoms with E-state index >= 15 is 0 Å². The number of fused-ring (bicyclic) bond motifs is 24. The first-order chi connectivity index (χ1) is 48.6. The van der Waals surface area contributed by atoms with Gasteiger partial charge in [0.15, 0.2) is 11.6 Å². The number of hydrogen-bond acceptors (Lipinski definition) is 5. The minimum absolute atomic E-state index is 0.0693. The fraction of sp³-hybridized carbons (Fsp3) is 0.711. The van der Waals surface area contributed by atoms with Crippen LogP contribution in [0.3, 0.4) is 0 Å². The van der Waals surface area contributed by atoms with E-state index < -0.39 is 22.7 Å². The third kappa shape index (κ3) is 11.8. The zero-order valence-corrected chi connectivity index (χ0v) is 61.6. The standard InChI is InChI=1S/C18H24F2O.C18H22F2O.C18H25FO.C18H23FO.C18H21FO/c2*1-17-8-6-14-13-5-3-12(21)10-11(13)2-4-15(14)16(17)7-9-18(17,19)20;3*1-18-9-8-14-13-5-3-12(20)10-11(13)2-4-15(14)16(18)6-7-17(18)19/h10,13-16H,2-9H2,1H3;3,5,10,14-16,21H,2,4,6-9H2,1H3;7,12,14-16,20H,2-6,8-10H2,1H3;7,10,13-16H,2-6,8-9H2,1H3;3,5,7,10,14-16,20H,2,4,6,8-9H2,1H3/t13-,14?,15?,16?,17-;14?,15?,16?,17-;12-,14?,15?,16?,18-;13-,14?,15?,16?,18-;14?,15?,16?,18-/m00000/s1. The summed E-state index contributed by atoms with van der Waals surface area (Å²) in [6, 6.07) is 11.5. The smallest absolute Gasteiger partial charge is 0.253 e. The lowest BCUT2D eigenvalue weighted by molar-refractivity contribution is -0.144. The van der Waals surface area contributed by atoms with E-state index in [2.05, 4.69) is 26.8 Å². The van der Waals surface area contributed by atoms with Crippen molar-refractivity contribution in [3.63, 3.8) is 0 Å². The summed E-state index contributed by atoms with van der Waals surface area (Å²) in [5, 5.41) is 29.2. The topological polar surface area (TPSA) is 94.8 Å². The van der Waals surface area contributed by atoms with Crippen LogP contribution < -0.4 is 0 Å². The van der Waals surface area contributed by atoms with E-state index in [0.717, 1.165) is 161 Å². The second-order valence-electron chi connectivity index (χ2n) is 37.8. The third-order valence-electron chi connectivity index (χ3n) is 33.8. The van der Waals surface area contributed by atoms with Gasteiger partial charge in [-0.15, -0.1) is 0 Å². The molecule has 18 aliphatic carbocycles. The molecule has 0 bridgehead atoms. The Bertz CT molecular complexity index is 3820. The van der Waals surface area contributed by atoms with E-state index in [9.17, 15) is 55.6 Å². The molecule has 9 saturated carbocycles. The zero-order chi connectivity index (χ0) is 71.4. The number of aliphatic hydroxyl groups is 1. The van der Waals surface area contributed by atoms with Gasteiger partial charge in [0.05, 0.1) is 6.10 Å². The molecule has 102 heavy (non-hydrogen) atoms. The van der Waals surface area contributed by atoms with Gasteiger partial charge >= 0.3 is 0 Å². The molecular formula is C90H115F7O5. The summed E-state index contributed by atoms with van der Waals surface area (Å²) in [5.41, 5.74) is 9.14. The van der Waals surface area contributed by atoms with Gasteiger partial charge < -0.3 is 15.3 Å². The number of aryl methyl sites for hydroxylation is 2. The van der Waals surface area contributed by atoms with E-state index in [1.54, 1.807) is 17.2 Å². The van der Waals surface area contributed by atoms with Crippen molar-refractivity contribution >= 4 is 11.6 Å². The summed E-state index contributed by atoms with van der Waals surface area (Å²) < 4.78 is 100.0. The van der Waals surface area contributed by atoms with Gasteiger partial charge in [-0.25, -0.2) is 30.7 Å². The Morgan fingerprint density at radius 3 is 1.30 bits per heavy atom.